The van der Waals surface area contributed by atoms with Crippen LogP contribution < -0.4 is 5.32 Å². The summed E-state index contributed by atoms with van der Waals surface area (Å²) in [6, 6.07) is 13.4. The highest BCUT2D eigenvalue weighted by Gasteiger charge is 2.35. The van der Waals surface area contributed by atoms with Crippen molar-refractivity contribution in [2.24, 2.45) is 17.3 Å². The van der Waals surface area contributed by atoms with Gasteiger partial charge in [0.25, 0.3) is 5.91 Å². The fourth-order valence-electron chi connectivity index (χ4n) is 3.45. The lowest BCUT2D eigenvalue weighted by molar-refractivity contribution is -0.0148. The quantitative estimate of drug-likeness (QED) is 0.445. The lowest BCUT2D eigenvalue weighted by Crippen LogP contribution is -2.44. The van der Waals surface area contributed by atoms with Crippen molar-refractivity contribution in [1.29, 1.82) is 0 Å². The zero-order valence-corrected chi connectivity index (χ0v) is 20.3. The Kier molecular flexibility index (Phi) is 8.96. The van der Waals surface area contributed by atoms with Crippen LogP contribution in [0.2, 0.25) is 10.0 Å². The van der Waals surface area contributed by atoms with Gasteiger partial charge in [0, 0.05) is 28.1 Å². The van der Waals surface area contributed by atoms with Gasteiger partial charge in [0.2, 0.25) is 0 Å². The van der Waals surface area contributed by atoms with E-state index in [1.54, 1.807) is 48.5 Å². The Bertz CT molecular complexity index is 871. The first-order chi connectivity index (χ1) is 14.5. The van der Waals surface area contributed by atoms with Gasteiger partial charge in [0.05, 0.1) is 5.56 Å². The lowest BCUT2D eigenvalue weighted by Gasteiger charge is -2.37. The molecular formula is C25H31Cl2NO3. The molecule has 1 amide bonds. The molecule has 1 N–H and O–H groups in total. The van der Waals surface area contributed by atoms with E-state index in [1.807, 2.05) is 0 Å². The first-order valence-corrected chi connectivity index (χ1v) is 11.2. The summed E-state index contributed by atoms with van der Waals surface area (Å²) in [4.78, 5) is 25.4. The third kappa shape index (κ3) is 7.86. The molecule has 0 bridgehead atoms. The van der Waals surface area contributed by atoms with Crippen LogP contribution in [0.15, 0.2) is 48.5 Å². The number of rotatable bonds is 8. The van der Waals surface area contributed by atoms with Gasteiger partial charge in [-0.25, -0.2) is 4.79 Å². The van der Waals surface area contributed by atoms with Gasteiger partial charge in [-0.3, -0.25) is 4.79 Å². The van der Waals surface area contributed by atoms with Gasteiger partial charge in [-0.2, -0.15) is 0 Å². The molecule has 2 atom stereocenters. The van der Waals surface area contributed by atoms with E-state index >= 15 is 0 Å². The fourth-order valence-corrected chi connectivity index (χ4v) is 3.70. The molecule has 2 aromatic carbocycles. The van der Waals surface area contributed by atoms with Crippen molar-refractivity contribution in [2.75, 3.05) is 6.54 Å². The van der Waals surface area contributed by atoms with Crippen molar-refractivity contribution in [2.45, 2.75) is 47.1 Å². The Morgan fingerprint density at radius 2 is 1.39 bits per heavy atom. The molecule has 31 heavy (non-hydrogen) atoms. The van der Waals surface area contributed by atoms with E-state index in [-0.39, 0.29) is 29.3 Å². The van der Waals surface area contributed by atoms with E-state index in [9.17, 15) is 9.59 Å². The average molecular weight is 464 g/mol. The zero-order valence-electron chi connectivity index (χ0n) is 18.7. The summed E-state index contributed by atoms with van der Waals surface area (Å²) in [6.45, 7) is 10.8. The molecule has 0 spiro atoms. The van der Waals surface area contributed by atoms with E-state index in [1.165, 1.54) is 0 Å². The fraction of sp³-hybridized carbons (Fsp3) is 0.440. The normalized spacial score (nSPS) is 13.5. The number of benzene rings is 2. The number of nitrogens with one attached hydrogen (secondary N) is 1. The standard InChI is InChI=1S/C25H31Cl2NO3/c1-16(2)14-22(31-24(30)18-8-12-20(27)13-9-18)21(25(3,4)5)15-28-23(29)17-6-10-19(26)11-7-17/h6-13,16,21-22H,14-15H2,1-5H3,(H,28,29). The molecule has 6 heteroatoms. The van der Waals surface area contributed by atoms with Crippen molar-refractivity contribution in [1.82, 2.24) is 5.32 Å². The molecule has 0 saturated heterocycles. The molecule has 0 radical (unpaired) electrons. The first-order valence-electron chi connectivity index (χ1n) is 10.5. The maximum atomic E-state index is 12.8. The minimum atomic E-state index is -0.388. The Balaban J connectivity index is 2.18. The zero-order chi connectivity index (χ0) is 23.2. The molecule has 0 aliphatic rings. The number of esters is 1. The number of carbonyl (C=O) groups is 2. The molecule has 0 fully saturated rings. The summed E-state index contributed by atoms with van der Waals surface area (Å²) in [5.74, 6) is -0.332. The Morgan fingerprint density at radius 1 is 0.903 bits per heavy atom. The highest BCUT2D eigenvalue weighted by atomic mass is 35.5. The largest absolute Gasteiger partial charge is 0.458 e. The van der Waals surface area contributed by atoms with Gasteiger partial charge >= 0.3 is 5.97 Å². The summed E-state index contributed by atoms with van der Waals surface area (Å²) >= 11 is 11.8. The third-order valence-electron chi connectivity index (χ3n) is 5.19. The van der Waals surface area contributed by atoms with Crippen LogP contribution in [0.25, 0.3) is 0 Å². The van der Waals surface area contributed by atoms with Crippen molar-refractivity contribution in [3.63, 3.8) is 0 Å². The summed E-state index contributed by atoms with van der Waals surface area (Å²) < 4.78 is 5.98. The first kappa shape index (κ1) is 25.2. The van der Waals surface area contributed by atoms with E-state index in [4.69, 9.17) is 27.9 Å². The second kappa shape index (κ2) is 11.0. The van der Waals surface area contributed by atoms with Gasteiger partial charge in [-0.15, -0.1) is 0 Å². The maximum Gasteiger partial charge on any atom is 0.338 e. The van der Waals surface area contributed by atoms with Crippen LogP contribution in [0.1, 0.15) is 61.8 Å². The molecule has 0 saturated carbocycles. The van der Waals surface area contributed by atoms with Crippen molar-refractivity contribution < 1.29 is 14.3 Å². The predicted molar refractivity (Wildman–Crippen MR) is 127 cm³/mol. The second-order valence-corrected chi connectivity index (χ2v) is 10.1. The molecule has 168 valence electrons. The Labute approximate surface area is 195 Å². The van der Waals surface area contributed by atoms with Gasteiger partial charge < -0.3 is 10.1 Å². The molecular weight excluding hydrogens is 433 g/mol. The van der Waals surface area contributed by atoms with Gasteiger partial charge in [0.15, 0.2) is 0 Å². The lowest BCUT2D eigenvalue weighted by atomic mass is 9.75. The van der Waals surface area contributed by atoms with E-state index in [2.05, 4.69) is 39.9 Å². The molecule has 2 rings (SSSR count). The van der Waals surface area contributed by atoms with Crippen LogP contribution >= 0.6 is 23.2 Å². The van der Waals surface area contributed by atoms with Gasteiger partial charge in [-0.1, -0.05) is 57.8 Å². The van der Waals surface area contributed by atoms with E-state index < -0.39 is 0 Å². The van der Waals surface area contributed by atoms with Crippen LogP contribution in [-0.4, -0.2) is 24.5 Å². The molecule has 4 nitrogen and oxygen atoms in total. The molecule has 2 unspecified atom stereocenters. The van der Waals surface area contributed by atoms with Crippen LogP contribution in [0.3, 0.4) is 0 Å². The number of amides is 1. The molecule has 0 heterocycles. The maximum absolute atomic E-state index is 12.8. The van der Waals surface area contributed by atoms with E-state index in [0.29, 0.717) is 40.1 Å². The number of hydrogen-bond acceptors (Lipinski definition) is 3. The number of hydrogen-bond donors (Lipinski definition) is 1. The van der Waals surface area contributed by atoms with Gasteiger partial charge in [-0.05, 0) is 66.3 Å². The molecule has 2 aromatic rings. The van der Waals surface area contributed by atoms with Crippen molar-refractivity contribution in [3.8, 4) is 0 Å². The minimum absolute atomic E-state index is 0.0811. The number of ether oxygens (including phenoxy) is 1. The number of halogens is 2. The second-order valence-electron chi connectivity index (χ2n) is 9.27. The topological polar surface area (TPSA) is 55.4 Å². The highest BCUT2D eigenvalue weighted by molar-refractivity contribution is 6.31. The highest BCUT2D eigenvalue weighted by Crippen LogP contribution is 2.33. The summed E-state index contributed by atoms with van der Waals surface area (Å²) in [7, 11) is 0. The Morgan fingerprint density at radius 3 is 1.84 bits per heavy atom. The summed E-state index contributed by atoms with van der Waals surface area (Å²) in [6.07, 6.45) is 0.339. The monoisotopic (exact) mass is 463 g/mol. The average Bonchev–Trinajstić information content (AvgIpc) is 2.67. The summed E-state index contributed by atoms with van der Waals surface area (Å²) in [5, 5.41) is 4.15. The molecule has 0 aliphatic heterocycles. The molecule has 0 aromatic heterocycles. The third-order valence-corrected chi connectivity index (χ3v) is 5.70. The van der Waals surface area contributed by atoms with E-state index in [0.717, 1.165) is 0 Å². The Hall–Kier alpha value is -2.04. The smallest absolute Gasteiger partial charge is 0.338 e. The van der Waals surface area contributed by atoms with Crippen LogP contribution in [0, 0.1) is 17.3 Å². The predicted octanol–water partition coefficient (Wildman–Crippen LogP) is 6.66. The summed E-state index contributed by atoms with van der Waals surface area (Å²) in [5.41, 5.74) is 0.791. The number of carbonyl (C=O) groups excluding carboxylic acids is 2. The van der Waals surface area contributed by atoms with Crippen molar-refractivity contribution in [3.05, 3.63) is 69.7 Å². The van der Waals surface area contributed by atoms with Crippen LogP contribution in [-0.2, 0) is 4.74 Å². The van der Waals surface area contributed by atoms with Gasteiger partial charge in [0.1, 0.15) is 6.10 Å². The van der Waals surface area contributed by atoms with Crippen LogP contribution in [0.4, 0.5) is 0 Å². The van der Waals surface area contributed by atoms with Crippen LogP contribution in [0.5, 0.6) is 0 Å². The SMILES string of the molecule is CC(C)CC(OC(=O)c1ccc(Cl)cc1)C(CNC(=O)c1ccc(Cl)cc1)C(C)(C)C. The molecule has 0 aliphatic carbocycles. The van der Waals surface area contributed by atoms with Crippen molar-refractivity contribution >= 4 is 35.1 Å². The minimum Gasteiger partial charge on any atom is -0.458 e.